The van der Waals surface area contributed by atoms with Crippen LogP contribution in [0.15, 0.2) is 29.2 Å². The van der Waals surface area contributed by atoms with Crippen molar-refractivity contribution in [2.24, 2.45) is 5.73 Å². The highest BCUT2D eigenvalue weighted by atomic mass is 32.2. The number of sulfonamides is 1. The van der Waals surface area contributed by atoms with Gasteiger partial charge in [0.25, 0.3) is 0 Å². The third-order valence-corrected chi connectivity index (χ3v) is 4.49. The minimum atomic E-state index is -3.44. The third kappa shape index (κ3) is 4.29. The van der Waals surface area contributed by atoms with Gasteiger partial charge in [-0.25, -0.2) is 13.1 Å². The second-order valence-electron chi connectivity index (χ2n) is 4.86. The fraction of sp³-hybridized carbons (Fsp3) is 0.462. The van der Waals surface area contributed by atoms with Crippen molar-refractivity contribution < 1.29 is 13.2 Å². The Morgan fingerprint density at radius 3 is 2.45 bits per heavy atom. The van der Waals surface area contributed by atoms with Crippen molar-refractivity contribution in [2.45, 2.75) is 36.6 Å². The van der Waals surface area contributed by atoms with Gasteiger partial charge >= 0.3 is 0 Å². The topological polar surface area (TPSA) is 101 Å². The monoisotopic (exact) mass is 297 g/mol. The maximum absolute atomic E-state index is 11.9. The summed E-state index contributed by atoms with van der Waals surface area (Å²) >= 11 is 0. The molecule has 7 heteroatoms. The average molecular weight is 297 g/mol. The van der Waals surface area contributed by atoms with Gasteiger partial charge in [-0.05, 0) is 50.1 Å². The molecule has 1 fully saturated rings. The first-order valence-corrected chi connectivity index (χ1v) is 8.12. The van der Waals surface area contributed by atoms with Crippen LogP contribution in [0, 0.1) is 0 Å². The van der Waals surface area contributed by atoms with Crippen molar-refractivity contribution in [3.05, 3.63) is 24.3 Å². The zero-order valence-electron chi connectivity index (χ0n) is 11.1. The summed E-state index contributed by atoms with van der Waals surface area (Å²) in [6, 6.07) is 6.23. The van der Waals surface area contributed by atoms with E-state index in [-0.39, 0.29) is 16.8 Å². The molecule has 0 bridgehead atoms. The second-order valence-corrected chi connectivity index (χ2v) is 6.57. The smallest absolute Gasteiger partial charge is 0.240 e. The summed E-state index contributed by atoms with van der Waals surface area (Å²) in [4.78, 5) is 11.7. The molecule has 0 spiro atoms. The Bertz CT molecular complexity index is 565. The van der Waals surface area contributed by atoms with E-state index in [9.17, 15) is 13.2 Å². The van der Waals surface area contributed by atoms with E-state index < -0.39 is 10.0 Å². The SMILES string of the molecule is NCCCC(=O)Nc1ccc(S(=O)(=O)NC2CC2)cc1. The zero-order valence-corrected chi connectivity index (χ0v) is 11.9. The Labute approximate surface area is 118 Å². The average Bonchev–Trinajstić information content (AvgIpc) is 3.20. The lowest BCUT2D eigenvalue weighted by Gasteiger charge is -2.08. The number of nitrogens with two attached hydrogens (primary N) is 1. The summed E-state index contributed by atoms with van der Waals surface area (Å²) in [6.07, 6.45) is 2.78. The molecule has 2 rings (SSSR count). The van der Waals surface area contributed by atoms with Crippen molar-refractivity contribution in [3.8, 4) is 0 Å². The quantitative estimate of drug-likeness (QED) is 0.693. The molecule has 0 unspecified atom stereocenters. The summed E-state index contributed by atoms with van der Waals surface area (Å²) in [5.41, 5.74) is 5.91. The minimum absolute atomic E-state index is 0.0793. The molecule has 1 amide bonds. The number of hydrogen-bond donors (Lipinski definition) is 3. The summed E-state index contributed by atoms with van der Waals surface area (Å²) in [5, 5.41) is 2.70. The molecule has 4 N–H and O–H groups in total. The Hall–Kier alpha value is -1.44. The van der Waals surface area contributed by atoms with Gasteiger partial charge in [-0.2, -0.15) is 0 Å². The molecule has 1 saturated carbocycles. The van der Waals surface area contributed by atoms with Crippen LogP contribution in [0.2, 0.25) is 0 Å². The first-order chi connectivity index (χ1) is 9.51. The van der Waals surface area contributed by atoms with Crippen LogP contribution in [-0.4, -0.2) is 26.9 Å². The van der Waals surface area contributed by atoms with E-state index in [2.05, 4.69) is 10.0 Å². The predicted molar refractivity (Wildman–Crippen MR) is 76.7 cm³/mol. The minimum Gasteiger partial charge on any atom is -0.330 e. The van der Waals surface area contributed by atoms with E-state index in [1.165, 1.54) is 12.1 Å². The molecular formula is C13H19N3O3S. The van der Waals surface area contributed by atoms with Crippen molar-refractivity contribution in [1.29, 1.82) is 0 Å². The Balaban J connectivity index is 1.97. The summed E-state index contributed by atoms with van der Waals surface area (Å²) < 4.78 is 26.5. The highest BCUT2D eigenvalue weighted by Gasteiger charge is 2.27. The lowest BCUT2D eigenvalue weighted by Crippen LogP contribution is -2.25. The van der Waals surface area contributed by atoms with E-state index in [4.69, 9.17) is 5.73 Å². The van der Waals surface area contributed by atoms with Gasteiger partial charge in [0.2, 0.25) is 15.9 Å². The van der Waals surface area contributed by atoms with Gasteiger partial charge in [-0.1, -0.05) is 0 Å². The normalized spacial score (nSPS) is 15.1. The van der Waals surface area contributed by atoms with E-state index in [1.807, 2.05) is 0 Å². The van der Waals surface area contributed by atoms with Crippen LogP contribution in [0.1, 0.15) is 25.7 Å². The van der Waals surface area contributed by atoms with Gasteiger partial charge in [0, 0.05) is 18.2 Å². The maximum atomic E-state index is 11.9. The lowest BCUT2D eigenvalue weighted by atomic mass is 10.2. The van der Waals surface area contributed by atoms with Crippen molar-refractivity contribution >= 4 is 21.6 Å². The predicted octanol–water partition coefficient (Wildman–Crippen LogP) is 0.805. The van der Waals surface area contributed by atoms with Crippen molar-refractivity contribution in [3.63, 3.8) is 0 Å². The molecule has 110 valence electrons. The fourth-order valence-electron chi connectivity index (χ4n) is 1.69. The van der Waals surface area contributed by atoms with Crippen LogP contribution in [0.4, 0.5) is 5.69 Å². The third-order valence-electron chi connectivity index (χ3n) is 2.96. The number of nitrogens with one attached hydrogen (secondary N) is 2. The van der Waals surface area contributed by atoms with E-state index in [0.717, 1.165) is 12.8 Å². The van der Waals surface area contributed by atoms with Crippen LogP contribution >= 0.6 is 0 Å². The molecule has 1 aromatic rings. The molecule has 0 saturated heterocycles. The van der Waals surface area contributed by atoms with E-state index in [1.54, 1.807) is 12.1 Å². The largest absolute Gasteiger partial charge is 0.330 e. The Kier molecular flexibility index (Phi) is 4.74. The molecule has 0 aliphatic heterocycles. The Morgan fingerprint density at radius 2 is 1.90 bits per heavy atom. The van der Waals surface area contributed by atoms with E-state index in [0.29, 0.717) is 25.1 Å². The first-order valence-electron chi connectivity index (χ1n) is 6.63. The highest BCUT2D eigenvalue weighted by molar-refractivity contribution is 7.89. The first kappa shape index (κ1) is 15.0. The molecule has 1 aliphatic carbocycles. The van der Waals surface area contributed by atoms with Gasteiger partial charge in [0.1, 0.15) is 0 Å². The van der Waals surface area contributed by atoms with Crippen LogP contribution in [0.3, 0.4) is 0 Å². The standard InChI is InChI=1S/C13H19N3O3S/c14-9-1-2-13(17)15-10-5-7-12(8-6-10)20(18,19)16-11-3-4-11/h5-8,11,16H,1-4,9,14H2,(H,15,17). The molecule has 1 aliphatic rings. The van der Waals surface area contributed by atoms with Crippen LogP contribution in [0.25, 0.3) is 0 Å². The van der Waals surface area contributed by atoms with E-state index >= 15 is 0 Å². The summed E-state index contributed by atoms with van der Waals surface area (Å²) in [6.45, 7) is 0.470. The summed E-state index contributed by atoms with van der Waals surface area (Å²) in [5.74, 6) is -0.123. The number of hydrogen-bond acceptors (Lipinski definition) is 4. The Morgan fingerprint density at radius 1 is 1.25 bits per heavy atom. The van der Waals surface area contributed by atoms with Gasteiger partial charge in [0.05, 0.1) is 4.90 Å². The molecule has 20 heavy (non-hydrogen) atoms. The fourth-order valence-corrected chi connectivity index (χ4v) is 3.00. The van der Waals surface area contributed by atoms with Crippen LogP contribution < -0.4 is 15.8 Å². The van der Waals surface area contributed by atoms with Gasteiger partial charge in [0.15, 0.2) is 0 Å². The molecule has 6 nitrogen and oxygen atoms in total. The van der Waals surface area contributed by atoms with Gasteiger partial charge in [-0.15, -0.1) is 0 Å². The van der Waals surface area contributed by atoms with Crippen LogP contribution in [-0.2, 0) is 14.8 Å². The van der Waals surface area contributed by atoms with Crippen LogP contribution in [0.5, 0.6) is 0 Å². The molecule has 0 atom stereocenters. The van der Waals surface area contributed by atoms with Gasteiger partial charge in [-0.3, -0.25) is 4.79 Å². The zero-order chi connectivity index (χ0) is 14.6. The van der Waals surface area contributed by atoms with Crippen molar-refractivity contribution in [1.82, 2.24) is 4.72 Å². The second kappa shape index (κ2) is 6.34. The number of carbonyl (C=O) groups is 1. The number of carbonyl (C=O) groups excluding carboxylic acids is 1. The lowest BCUT2D eigenvalue weighted by molar-refractivity contribution is -0.116. The van der Waals surface area contributed by atoms with Crippen molar-refractivity contribution in [2.75, 3.05) is 11.9 Å². The molecule has 0 aromatic heterocycles. The number of benzene rings is 1. The molecule has 0 heterocycles. The molecular weight excluding hydrogens is 278 g/mol. The number of anilines is 1. The molecule has 1 aromatic carbocycles. The number of amides is 1. The summed E-state index contributed by atoms with van der Waals surface area (Å²) in [7, 11) is -3.44. The van der Waals surface area contributed by atoms with Gasteiger partial charge < -0.3 is 11.1 Å². The number of rotatable bonds is 7. The molecule has 0 radical (unpaired) electrons. The highest BCUT2D eigenvalue weighted by Crippen LogP contribution is 2.22. The maximum Gasteiger partial charge on any atom is 0.240 e.